The van der Waals surface area contributed by atoms with E-state index in [9.17, 15) is 18.4 Å². The van der Waals surface area contributed by atoms with Crippen LogP contribution in [-0.4, -0.2) is 11.9 Å². The predicted octanol–water partition coefficient (Wildman–Crippen LogP) is 5.32. The topological polar surface area (TPSA) is 52.6 Å². The van der Waals surface area contributed by atoms with Gasteiger partial charge in [0.2, 0.25) is 0 Å². The van der Waals surface area contributed by atoms with Crippen LogP contribution in [0.3, 0.4) is 0 Å². The predicted molar refractivity (Wildman–Crippen MR) is 104 cm³/mol. The first kappa shape index (κ1) is 19.9. The third kappa shape index (κ3) is 4.55. The van der Waals surface area contributed by atoms with E-state index in [0.717, 1.165) is 6.08 Å². The molecule has 0 spiro atoms. The van der Waals surface area contributed by atoms with E-state index in [1.807, 2.05) is 0 Å². The van der Waals surface area contributed by atoms with Crippen molar-refractivity contribution in [2.75, 3.05) is 0 Å². The summed E-state index contributed by atoms with van der Waals surface area (Å²) in [6, 6.07) is 15.0. The summed E-state index contributed by atoms with van der Waals surface area (Å²) in [4.78, 5) is 22.2. The van der Waals surface area contributed by atoms with Gasteiger partial charge in [-0.1, -0.05) is 43.0 Å². The normalized spacial score (nSPS) is 10.3. The molecule has 0 atom stereocenters. The smallest absolute Gasteiger partial charge is 0.335 e. The van der Waals surface area contributed by atoms with Crippen molar-refractivity contribution in [2.45, 2.75) is 6.92 Å². The maximum absolute atomic E-state index is 14.7. The van der Waals surface area contributed by atoms with Gasteiger partial charge in [-0.3, -0.25) is 4.79 Å². The van der Waals surface area contributed by atoms with Crippen LogP contribution in [0.25, 0.3) is 22.3 Å². The minimum atomic E-state index is -0.998. The van der Waals surface area contributed by atoms with E-state index < -0.39 is 23.6 Å². The molecule has 3 aromatic rings. The summed E-state index contributed by atoms with van der Waals surface area (Å²) in [5, 5.41) is 0. The fourth-order valence-corrected chi connectivity index (χ4v) is 2.72. The third-order valence-corrected chi connectivity index (χ3v) is 4.06. The molecule has 0 radical (unpaired) electrons. The van der Waals surface area contributed by atoms with Crippen LogP contribution in [0.2, 0.25) is 0 Å². The van der Waals surface area contributed by atoms with Gasteiger partial charge in [-0.05, 0) is 35.4 Å². The van der Waals surface area contributed by atoms with E-state index >= 15 is 0 Å². The molecule has 0 saturated carbocycles. The van der Waals surface area contributed by atoms with Crippen molar-refractivity contribution >= 4 is 11.9 Å². The summed E-state index contributed by atoms with van der Waals surface area (Å²) in [6.07, 6.45) is 1.03. The molecule has 0 unspecified atom stereocenters. The van der Waals surface area contributed by atoms with Crippen molar-refractivity contribution in [3.8, 4) is 33.8 Å². The van der Waals surface area contributed by atoms with Crippen LogP contribution >= 0.6 is 0 Å². The Labute approximate surface area is 166 Å². The largest absolute Gasteiger partial charge is 0.427 e. The first-order valence-corrected chi connectivity index (χ1v) is 8.60. The number of halogens is 2. The lowest BCUT2D eigenvalue weighted by molar-refractivity contribution is -0.132. The summed E-state index contributed by atoms with van der Waals surface area (Å²) in [5.41, 5.74) is 1.02. The molecular formula is C23H16F2O4. The maximum atomic E-state index is 14.7. The minimum absolute atomic E-state index is 0.0735. The highest BCUT2D eigenvalue weighted by Crippen LogP contribution is 2.32. The highest BCUT2D eigenvalue weighted by Gasteiger charge is 2.16. The Bertz CT molecular complexity index is 1070. The van der Waals surface area contributed by atoms with Gasteiger partial charge in [-0.2, -0.15) is 0 Å². The molecule has 0 aromatic heterocycles. The Hall–Kier alpha value is -3.80. The van der Waals surface area contributed by atoms with E-state index in [1.165, 1.54) is 55.5 Å². The number of carbonyl (C=O) groups excluding carboxylic acids is 2. The zero-order valence-corrected chi connectivity index (χ0v) is 15.4. The zero-order chi connectivity index (χ0) is 21.0. The number of benzene rings is 3. The summed E-state index contributed by atoms with van der Waals surface area (Å²) in [6.45, 7) is 4.58. The number of esters is 2. The molecule has 0 amide bonds. The van der Waals surface area contributed by atoms with Crippen molar-refractivity contribution in [3.05, 3.63) is 85.0 Å². The number of hydrogen-bond donors (Lipinski definition) is 0. The molecule has 0 N–H and O–H groups in total. The lowest BCUT2D eigenvalue weighted by Crippen LogP contribution is -2.02. The molecule has 0 aliphatic carbocycles. The Morgan fingerprint density at radius 3 is 1.55 bits per heavy atom. The molecule has 0 fully saturated rings. The Morgan fingerprint density at radius 2 is 1.17 bits per heavy atom. The molecule has 29 heavy (non-hydrogen) atoms. The summed E-state index contributed by atoms with van der Waals surface area (Å²) in [5.74, 6) is -2.49. The SMILES string of the molecule is C=CC(=O)Oc1ccc(-c2ccc(-c3ccc(OC(C)=O)cc3)c(F)c2F)cc1. The second-order valence-electron chi connectivity index (χ2n) is 6.06. The van der Waals surface area contributed by atoms with Crippen molar-refractivity contribution in [1.29, 1.82) is 0 Å². The monoisotopic (exact) mass is 394 g/mol. The van der Waals surface area contributed by atoms with Gasteiger partial charge in [-0.15, -0.1) is 0 Å². The second-order valence-corrected chi connectivity index (χ2v) is 6.06. The van der Waals surface area contributed by atoms with Gasteiger partial charge in [0, 0.05) is 24.1 Å². The van der Waals surface area contributed by atoms with Gasteiger partial charge in [0.25, 0.3) is 0 Å². The highest BCUT2D eigenvalue weighted by molar-refractivity contribution is 5.83. The van der Waals surface area contributed by atoms with E-state index in [4.69, 9.17) is 9.47 Å². The Kier molecular flexibility index (Phi) is 5.83. The molecule has 0 aliphatic heterocycles. The van der Waals surface area contributed by atoms with E-state index in [0.29, 0.717) is 16.9 Å². The summed E-state index contributed by atoms with van der Waals surface area (Å²) in [7, 11) is 0. The van der Waals surface area contributed by atoms with Crippen LogP contribution in [0.5, 0.6) is 11.5 Å². The standard InChI is InChI=1S/C23H16F2O4/c1-3-21(27)29-18-10-6-16(7-11-18)20-13-12-19(22(24)23(20)25)15-4-8-17(9-5-15)28-14(2)26/h3-13H,1H2,2H3. The lowest BCUT2D eigenvalue weighted by atomic mass is 9.98. The van der Waals surface area contributed by atoms with Crippen molar-refractivity contribution in [1.82, 2.24) is 0 Å². The summed E-state index contributed by atoms with van der Waals surface area (Å²) >= 11 is 0. The molecule has 3 rings (SSSR count). The molecule has 0 heterocycles. The minimum Gasteiger partial charge on any atom is -0.427 e. The van der Waals surface area contributed by atoms with Crippen molar-refractivity contribution in [2.24, 2.45) is 0 Å². The van der Waals surface area contributed by atoms with E-state index in [1.54, 1.807) is 12.1 Å². The van der Waals surface area contributed by atoms with Crippen molar-refractivity contribution in [3.63, 3.8) is 0 Å². The molecule has 0 aliphatic rings. The van der Waals surface area contributed by atoms with Gasteiger partial charge in [0.15, 0.2) is 11.6 Å². The Balaban J connectivity index is 1.88. The highest BCUT2D eigenvalue weighted by atomic mass is 19.2. The molecular weight excluding hydrogens is 378 g/mol. The zero-order valence-electron chi connectivity index (χ0n) is 15.4. The van der Waals surface area contributed by atoms with Gasteiger partial charge in [-0.25, -0.2) is 13.6 Å². The van der Waals surface area contributed by atoms with Crippen molar-refractivity contribution < 1.29 is 27.8 Å². The number of rotatable bonds is 5. The van der Waals surface area contributed by atoms with Gasteiger partial charge in [0.05, 0.1) is 0 Å². The van der Waals surface area contributed by atoms with Crippen LogP contribution in [0.4, 0.5) is 8.78 Å². The first-order valence-electron chi connectivity index (χ1n) is 8.60. The Morgan fingerprint density at radius 1 is 0.759 bits per heavy atom. The van der Waals surface area contributed by atoms with Crippen LogP contribution in [0.15, 0.2) is 73.3 Å². The third-order valence-electron chi connectivity index (χ3n) is 4.06. The average Bonchev–Trinajstić information content (AvgIpc) is 2.71. The van der Waals surface area contributed by atoms with E-state index in [-0.39, 0.29) is 16.9 Å². The second kappa shape index (κ2) is 8.48. The van der Waals surface area contributed by atoms with Gasteiger partial charge >= 0.3 is 11.9 Å². The molecule has 0 saturated heterocycles. The summed E-state index contributed by atoms with van der Waals surface area (Å²) < 4.78 is 39.3. The van der Waals surface area contributed by atoms with Crippen LogP contribution < -0.4 is 9.47 Å². The molecule has 146 valence electrons. The maximum Gasteiger partial charge on any atom is 0.335 e. The van der Waals surface area contributed by atoms with Crippen LogP contribution in [0, 0.1) is 11.6 Å². The first-order chi connectivity index (χ1) is 13.9. The van der Waals surface area contributed by atoms with Gasteiger partial charge < -0.3 is 9.47 Å². The fourth-order valence-electron chi connectivity index (χ4n) is 2.72. The van der Waals surface area contributed by atoms with E-state index in [2.05, 4.69) is 6.58 Å². The number of ether oxygens (including phenoxy) is 2. The average molecular weight is 394 g/mol. The number of carbonyl (C=O) groups is 2. The van der Waals surface area contributed by atoms with Crippen LogP contribution in [-0.2, 0) is 9.59 Å². The van der Waals surface area contributed by atoms with Gasteiger partial charge in [0.1, 0.15) is 11.5 Å². The molecule has 3 aromatic carbocycles. The molecule has 0 bridgehead atoms. The number of hydrogen-bond acceptors (Lipinski definition) is 4. The fraction of sp³-hybridized carbons (Fsp3) is 0.0435. The van der Waals surface area contributed by atoms with Crippen LogP contribution in [0.1, 0.15) is 6.92 Å². The molecule has 6 heteroatoms. The molecule has 4 nitrogen and oxygen atoms in total. The quantitative estimate of drug-likeness (QED) is 0.334. The lowest BCUT2D eigenvalue weighted by Gasteiger charge is -2.10.